The van der Waals surface area contributed by atoms with Crippen LogP contribution in [0.4, 0.5) is 0 Å². The van der Waals surface area contributed by atoms with Gasteiger partial charge < -0.3 is 4.74 Å². The molecular formula is C9H9IO2S. The molecule has 70 valence electrons. The summed E-state index contributed by atoms with van der Waals surface area (Å²) in [5.41, 5.74) is 0. The first-order chi connectivity index (χ1) is 6.18. The molecule has 0 aliphatic rings. The largest absolute Gasteiger partial charge is 0.454 e. The lowest BCUT2D eigenvalue weighted by molar-refractivity contribution is -0.138. The fourth-order valence-electron chi connectivity index (χ4n) is 0.737. The Hall–Kier alpha value is -0.230. The van der Waals surface area contributed by atoms with Crippen molar-refractivity contribution >= 4 is 40.3 Å². The fourth-order valence-corrected chi connectivity index (χ4v) is 2.24. The van der Waals surface area contributed by atoms with E-state index < -0.39 is 0 Å². The highest BCUT2D eigenvalue weighted by molar-refractivity contribution is 14.1. The average Bonchev–Trinajstić information content (AvgIpc) is 2.03. The summed E-state index contributed by atoms with van der Waals surface area (Å²) in [5.74, 6) is 0.147. The number of thioether (sulfide) groups is 1. The minimum Gasteiger partial charge on any atom is -0.454 e. The number of hydrogen-bond donors (Lipinski definition) is 0. The van der Waals surface area contributed by atoms with Gasteiger partial charge in [-0.1, -0.05) is 17.8 Å². The number of carbonyl (C=O) groups excluding carboxylic acids is 1. The van der Waals surface area contributed by atoms with E-state index in [0.717, 1.165) is 4.90 Å². The molecule has 0 heterocycles. The number of benzene rings is 1. The van der Waals surface area contributed by atoms with Crippen molar-refractivity contribution in [3.05, 3.63) is 27.8 Å². The molecule has 4 heteroatoms. The summed E-state index contributed by atoms with van der Waals surface area (Å²) in [4.78, 5) is 11.6. The van der Waals surface area contributed by atoms with Gasteiger partial charge in [0, 0.05) is 15.4 Å². The quantitative estimate of drug-likeness (QED) is 0.372. The number of carbonyl (C=O) groups is 1. The van der Waals surface area contributed by atoms with Crippen LogP contribution >= 0.6 is 34.4 Å². The van der Waals surface area contributed by atoms with Crippen molar-refractivity contribution in [2.24, 2.45) is 0 Å². The van der Waals surface area contributed by atoms with E-state index in [1.165, 1.54) is 22.3 Å². The molecule has 2 nitrogen and oxygen atoms in total. The zero-order valence-electron chi connectivity index (χ0n) is 7.12. The zero-order valence-corrected chi connectivity index (χ0v) is 10.1. The van der Waals surface area contributed by atoms with Gasteiger partial charge >= 0.3 is 5.97 Å². The highest BCUT2D eigenvalue weighted by atomic mass is 127. The van der Waals surface area contributed by atoms with Crippen molar-refractivity contribution in [3.63, 3.8) is 0 Å². The topological polar surface area (TPSA) is 26.3 Å². The maximum Gasteiger partial charge on any atom is 0.303 e. The van der Waals surface area contributed by atoms with Crippen LogP contribution in [0.2, 0.25) is 0 Å². The summed E-state index contributed by atoms with van der Waals surface area (Å²) in [6.45, 7) is 1.41. The van der Waals surface area contributed by atoms with Crippen LogP contribution in [0.25, 0.3) is 0 Å². The molecule has 1 aromatic carbocycles. The van der Waals surface area contributed by atoms with Gasteiger partial charge in [0.2, 0.25) is 0 Å². The molecule has 13 heavy (non-hydrogen) atoms. The molecule has 0 N–H and O–H groups in total. The maximum absolute atomic E-state index is 10.5. The Bertz CT molecular complexity index is 301. The third-order valence-corrected chi connectivity index (χ3v) is 2.78. The first kappa shape index (κ1) is 10.8. The lowest BCUT2D eigenvalue weighted by Gasteiger charge is -2.01. The molecule has 0 bridgehead atoms. The number of esters is 1. The van der Waals surface area contributed by atoms with E-state index in [9.17, 15) is 4.79 Å². The van der Waals surface area contributed by atoms with Crippen LogP contribution in [-0.2, 0) is 9.53 Å². The van der Waals surface area contributed by atoms with E-state index in [4.69, 9.17) is 4.74 Å². The first-order valence-electron chi connectivity index (χ1n) is 3.70. The molecule has 0 saturated heterocycles. The molecule has 0 amide bonds. The summed E-state index contributed by atoms with van der Waals surface area (Å²) in [6, 6.07) is 8.05. The Morgan fingerprint density at radius 1 is 1.62 bits per heavy atom. The van der Waals surface area contributed by atoms with Gasteiger partial charge in [0.1, 0.15) is 5.94 Å². The Labute approximate surface area is 95.2 Å². The van der Waals surface area contributed by atoms with E-state index in [1.54, 1.807) is 0 Å². The number of hydrogen-bond acceptors (Lipinski definition) is 3. The number of rotatable bonds is 3. The molecule has 0 aromatic heterocycles. The smallest absolute Gasteiger partial charge is 0.303 e. The normalized spacial score (nSPS) is 9.69. The van der Waals surface area contributed by atoms with Crippen LogP contribution < -0.4 is 0 Å². The van der Waals surface area contributed by atoms with Crippen LogP contribution in [0.3, 0.4) is 0 Å². The van der Waals surface area contributed by atoms with Gasteiger partial charge in [0.25, 0.3) is 0 Å². The molecule has 0 spiro atoms. The van der Waals surface area contributed by atoms with Gasteiger partial charge in [-0.15, -0.1) is 0 Å². The van der Waals surface area contributed by atoms with E-state index in [0.29, 0.717) is 5.94 Å². The molecule has 0 atom stereocenters. The molecule has 0 saturated carbocycles. The van der Waals surface area contributed by atoms with Gasteiger partial charge in [-0.25, -0.2) is 0 Å². The molecule has 0 unspecified atom stereocenters. The molecule has 0 radical (unpaired) electrons. The van der Waals surface area contributed by atoms with Crippen molar-refractivity contribution in [2.75, 3.05) is 5.94 Å². The summed E-state index contributed by atoms with van der Waals surface area (Å²) < 4.78 is 5.99. The Morgan fingerprint density at radius 2 is 2.38 bits per heavy atom. The van der Waals surface area contributed by atoms with Crippen molar-refractivity contribution < 1.29 is 9.53 Å². The van der Waals surface area contributed by atoms with Gasteiger partial charge in [0.05, 0.1) is 0 Å². The Morgan fingerprint density at radius 3 is 3.00 bits per heavy atom. The fraction of sp³-hybridized carbons (Fsp3) is 0.222. The van der Waals surface area contributed by atoms with E-state index >= 15 is 0 Å². The second-order valence-electron chi connectivity index (χ2n) is 2.36. The lowest BCUT2D eigenvalue weighted by atomic mass is 10.4. The van der Waals surface area contributed by atoms with Crippen molar-refractivity contribution in [2.45, 2.75) is 11.8 Å². The molecule has 0 aliphatic heterocycles. The van der Waals surface area contributed by atoms with Crippen LogP contribution in [0, 0.1) is 3.57 Å². The number of ether oxygens (including phenoxy) is 1. The highest BCUT2D eigenvalue weighted by Crippen LogP contribution is 2.19. The predicted octanol–water partition coefficient (Wildman–Crippen LogP) is 2.90. The standard InChI is InChI=1S/C9H9IO2S/c1-7(11)12-6-13-9-4-2-3-8(10)5-9/h2-5H,6H2,1H3. The zero-order chi connectivity index (χ0) is 9.68. The number of halogens is 1. The van der Waals surface area contributed by atoms with Gasteiger partial charge in [-0.05, 0) is 40.8 Å². The summed E-state index contributed by atoms with van der Waals surface area (Å²) in [6.07, 6.45) is 0. The Balaban J connectivity index is 2.41. The molecule has 0 fully saturated rings. The molecular weight excluding hydrogens is 299 g/mol. The van der Waals surface area contributed by atoms with Gasteiger partial charge in [-0.3, -0.25) is 4.79 Å². The maximum atomic E-state index is 10.5. The van der Waals surface area contributed by atoms with E-state index in [1.807, 2.05) is 18.2 Å². The van der Waals surface area contributed by atoms with Gasteiger partial charge in [0.15, 0.2) is 0 Å². The lowest BCUT2D eigenvalue weighted by Crippen LogP contribution is -1.96. The second-order valence-corrected chi connectivity index (χ2v) is 4.60. The third kappa shape index (κ3) is 4.52. The average molecular weight is 308 g/mol. The van der Waals surface area contributed by atoms with Crippen molar-refractivity contribution in [1.82, 2.24) is 0 Å². The summed E-state index contributed by atoms with van der Waals surface area (Å²) in [7, 11) is 0. The minimum atomic E-state index is -0.238. The van der Waals surface area contributed by atoms with Crippen LogP contribution in [0.15, 0.2) is 29.2 Å². The second kappa shape index (κ2) is 5.49. The van der Waals surface area contributed by atoms with E-state index in [-0.39, 0.29) is 5.97 Å². The SMILES string of the molecule is CC(=O)OCSc1cccc(I)c1. The first-order valence-corrected chi connectivity index (χ1v) is 5.76. The highest BCUT2D eigenvalue weighted by Gasteiger charge is 1.96. The van der Waals surface area contributed by atoms with Crippen molar-refractivity contribution in [1.29, 1.82) is 0 Å². The van der Waals surface area contributed by atoms with Crippen molar-refractivity contribution in [3.8, 4) is 0 Å². The molecule has 1 aromatic rings. The third-order valence-electron chi connectivity index (χ3n) is 1.28. The minimum absolute atomic E-state index is 0.238. The van der Waals surface area contributed by atoms with E-state index in [2.05, 4.69) is 28.7 Å². The van der Waals surface area contributed by atoms with Crippen LogP contribution in [0.5, 0.6) is 0 Å². The van der Waals surface area contributed by atoms with Crippen LogP contribution in [-0.4, -0.2) is 11.9 Å². The summed E-state index contributed by atoms with van der Waals surface area (Å²) >= 11 is 3.76. The Kier molecular flexibility index (Phi) is 4.58. The molecule has 1 rings (SSSR count). The van der Waals surface area contributed by atoms with Crippen LogP contribution in [0.1, 0.15) is 6.92 Å². The summed E-state index contributed by atoms with van der Waals surface area (Å²) in [5, 5.41) is 0. The molecule has 0 aliphatic carbocycles. The monoisotopic (exact) mass is 308 g/mol. The van der Waals surface area contributed by atoms with Gasteiger partial charge in [-0.2, -0.15) is 0 Å². The predicted molar refractivity (Wildman–Crippen MR) is 61.6 cm³/mol.